The molecule has 0 atom stereocenters. The maximum atomic E-state index is 10.6. The maximum Gasteiger partial charge on any atom is 1.00 e. The molecule has 1 aromatic heterocycles. The second-order valence-electron chi connectivity index (χ2n) is 1.73. The second kappa shape index (κ2) is 4.66. The van der Waals surface area contributed by atoms with Crippen molar-refractivity contribution in [2.24, 2.45) is 0 Å². The molecule has 4 heteroatoms. The fraction of sp³-hybridized carbons (Fsp3) is 0.333. The Morgan fingerprint density at radius 2 is 2.40 bits per heavy atom. The first-order chi connectivity index (χ1) is 4.33. The number of H-pyrrole nitrogens is 1. The van der Waals surface area contributed by atoms with Gasteiger partial charge in [0.25, 0.3) is 5.56 Å². The van der Waals surface area contributed by atoms with Gasteiger partial charge in [0.1, 0.15) is 5.82 Å². The summed E-state index contributed by atoms with van der Waals surface area (Å²) >= 11 is 0. The zero-order valence-corrected chi connectivity index (χ0v) is 8.22. The summed E-state index contributed by atoms with van der Waals surface area (Å²) in [5.74, 6) is 0.738. The van der Waals surface area contributed by atoms with Crippen LogP contribution in [0.1, 0.15) is 12.7 Å². The summed E-state index contributed by atoms with van der Waals surface area (Å²) in [4.78, 5) is 17.0. The molecule has 1 rings (SSSR count). The van der Waals surface area contributed by atoms with E-state index >= 15 is 0 Å². The van der Waals surface area contributed by atoms with E-state index in [2.05, 4.69) is 9.97 Å². The third-order valence-corrected chi connectivity index (χ3v) is 1.06. The monoisotopic (exact) mass is 147 g/mol. The molecule has 1 N–H and O–H groups in total. The molecule has 3 nitrogen and oxygen atoms in total. The van der Waals surface area contributed by atoms with Gasteiger partial charge in [-0.05, 0) is 0 Å². The van der Waals surface area contributed by atoms with Crippen molar-refractivity contribution in [3.8, 4) is 0 Å². The summed E-state index contributed by atoms with van der Waals surface area (Å²) in [7, 11) is 0. The van der Waals surface area contributed by atoms with Crippen LogP contribution in [-0.2, 0) is 6.42 Å². The van der Waals surface area contributed by atoms with Crippen LogP contribution in [0.15, 0.2) is 17.1 Å². The molecular weight excluding hydrogens is 139 g/mol. The molecule has 0 amide bonds. The predicted molar refractivity (Wildman–Crippen MR) is 34.2 cm³/mol. The van der Waals surface area contributed by atoms with Crippen molar-refractivity contribution < 1.29 is 29.6 Å². The number of nitrogens with zero attached hydrogens (tertiary/aromatic N) is 1. The molecule has 48 valence electrons. The molecule has 0 fully saturated rings. The molecule has 0 bridgehead atoms. The van der Waals surface area contributed by atoms with Crippen molar-refractivity contribution >= 4 is 0 Å². The van der Waals surface area contributed by atoms with Crippen LogP contribution in [0.5, 0.6) is 0 Å². The van der Waals surface area contributed by atoms with Gasteiger partial charge in [0.15, 0.2) is 0 Å². The zero-order valence-electron chi connectivity index (χ0n) is 6.22. The molecule has 0 radical (unpaired) electrons. The van der Waals surface area contributed by atoms with Gasteiger partial charge in [-0.2, -0.15) is 0 Å². The average molecular weight is 147 g/mol. The van der Waals surface area contributed by atoms with Gasteiger partial charge in [-0.3, -0.25) is 4.79 Å². The summed E-state index contributed by atoms with van der Waals surface area (Å²) < 4.78 is 0. The first-order valence-electron chi connectivity index (χ1n) is 2.87. The second-order valence-corrected chi connectivity index (χ2v) is 1.73. The van der Waals surface area contributed by atoms with E-state index in [9.17, 15) is 4.79 Å². The summed E-state index contributed by atoms with van der Waals surface area (Å²) in [5.41, 5.74) is -0.0816. The van der Waals surface area contributed by atoms with E-state index in [1.165, 1.54) is 12.3 Å². The Morgan fingerprint density at radius 3 is 2.80 bits per heavy atom. The molecule has 0 aliphatic carbocycles. The molecule has 1 heterocycles. The minimum atomic E-state index is -0.0816. The molecular formula is C6H8N2NaO+. The van der Waals surface area contributed by atoms with Crippen LogP contribution in [0.4, 0.5) is 0 Å². The van der Waals surface area contributed by atoms with Crippen molar-refractivity contribution in [2.75, 3.05) is 0 Å². The van der Waals surface area contributed by atoms with Crippen LogP contribution in [-0.4, -0.2) is 9.97 Å². The van der Waals surface area contributed by atoms with E-state index in [0.29, 0.717) is 0 Å². The smallest absolute Gasteiger partial charge is 0.311 e. The van der Waals surface area contributed by atoms with E-state index in [1.54, 1.807) is 0 Å². The van der Waals surface area contributed by atoms with E-state index < -0.39 is 0 Å². The largest absolute Gasteiger partial charge is 1.00 e. The Balaban J connectivity index is 0.000000810. The van der Waals surface area contributed by atoms with Crippen molar-refractivity contribution in [3.63, 3.8) is 0 Å². The average Bonchev–Trinajstić information content (AvgIpc) is 1.88. The van der Waals surface area contributed by atoms with E-state index in [4.69, 9.17) is 0 Å². The first kappa shape index (κ1) is 9.88. The maximum absolute atomic E-state index is 10.6. The standard InChI is InChI=1S/C6H8N2O.Na/c1-2-5-7-4-3-6(9)8-5;/h3-4H,2H2,1H3,(H,7,8,9);/q;+1. The SMILES string of the molecule is CCc1nccc(=O)[nH]1.[Na+]. The Morgan fingerprint density at radius 1 is 1.70 bits per heavy atom. The number of aromatic nitrogens is 2. The molecule has 0 saturated heterocycles. The van der Waals surface area contributed by atoms with E-state index in [-0.39, 0.29) is 35.1 Å². The van der Waals surface area contributed by atoms with Crippen LogP contribution >= 0.6 is 0 Å². The third kappa shape index (κ3) is 2.64. The molecule has 0 saturated carbocycles. The van der Waals surface area contributed by atoms with Gasteiger partial charge >= 0.3 is 29.6 Å². The molecule has 10 heavy (non-hydrogen) atoms. The number of nitrogens with one attached hydrogen (secondary N) is 1. The van der Waals surface area contributed by atoms with Gasteiger partial charge < -0.3 is 4.98 Å². The first-order valence-corrected chi connectivity index (χ1v) is 2.87. The molecule has 1 aromatic rings. The van der Waals surface area contributed by atoms with Gasteiger partial charge in [0.05, 0.1) is 0 Å². The van der Waals surface area contributed by atoms with Crippen LogP contribution in [0.2, 0.25) is 0 Å². The van der Waals surface area contributed by atoms with Gasteiger partial charge in [-0.1, -0.05) is 6.92 Å². The van der Waals surface area contributed by atoms with Gasteiger partial charge in [-0.15, -0.1) is 0 Å². The van der Waals surface area contributed by atoms with Crippen LogP contribution in [0, 0.1) is 0 Å². The quantitative estimate of drug-likeness (QED) is 0.440. The van der Waals surface area contributed by atoms with Crippen molar-refractivity contribution in [1.82, 2.24) is 9.97 Å². The number of hydrogen-bond donors (Lipinski definition) is 1. The van der Waals surface area contributed by atoms with Gasteiger partial charge in [0, 0.05) is 18.7 Å². The van der Waals surface area contributed by atoms with E-state index in [0.717, 1.165) is 12.2 Å². The van der Waals surface area contributed by atoms with Crippen LogP contribution in [0.25, 0.3) is 0 Å². The number of rotatable bonds is 1. The van der Waals surface area contributed by atoms with Crippen LogP contribution < -0.4 is 35.1 Å². The minimum Gasteiger partial charge on any atom is -0.311 e. The predicted octanol–water partition coefficient (Wildman–Crippen LogP) is -2.66. The van der Waals surface area contributed by atoms with Gasteiger partial charge in [0.2, 0.25) is 0 Å². The molecule has 0 unspecified atom stereocenters. The number of aryl methyl sites for hydroxylation is 1. The van der Waals surface area contributed by atoms with Crippen molar-refractivity contribution in [2.45, 2.75) is 13.3 Å². The summed E-state index contributed by atoms with van der Waals surface area (Å²) in [5, 5.41) is 0. The Kier molecular flexibility index (Phi) is 4.60. The number of hydrogen-bond acceptors (Lipinski definition) is 2. The molecule has 0 aromatic carbocycles. The zero-order chi connectivity index (χ0) is 6.69. The third-order valence-electron chi connectivity index (χ3n) is 1.06. The topological polar surface area (TPSA) is 45.8 Å². The molecule has 0 aliphatic rings. The number of aromatic amines is 1. The molecule has 0 aliphatic heterocycles. The summed E-state index contributed by atoms with van der Waals surface area (Å²) in [6.07, 6.45) is 2.29. The fourth-order valence-corrected chi connectivity index (χ4v) is 0.591. The fourth-order valence-electron chi connectivity index (χ4n) is 0.591. The van der Waals surface area contributed by atoms with Crippen molar-refractivity contribution in [1.29, 1.82) is 0 Å². The summed E-state index contributed by atoms with van der Waals surface area (Å²) in [6.45, 7) is 1.94. The summed E-state index contributed by atoms with van der Waals surface area (Å²) in [6, 6.07) is 1.40. The Hall–Kier alpha value is -0.120. The van der Waals surface area contributed by atoms with Gasteiger partial charge in [-0.25, -0.2) is 4.98 Å². The van der Waals surface area contributed by atoms with Crippen molar-refractivity contribution in [3.05, 3.63) is 28.4 Å². The molecule has 0 spiro atoms. The minimum absolute atomic E-state index is 0. The Bertz CT molecular complexity index is 246. The Labute approximate surface area is 81.2 Å². The van der Waals surface area contributed by atoms with Crippen LogP contribution in [0.3, 0.4) is 0 Å². The van der Waals surface area contributed by atoms with E-state index in [1.807, 2.05) is 6.92 Å². The normalized spacial score (nSPS) is 8.50.